The number of piperidine rings is 1. The van der Waals surface area contributed by atoms with E-state index in [1.807, 2.05) is 0 Å². The highest BCUT2D eigenvalue weighted by Gasteiger charge is 2.21. The van der Waals surface area contributed by atoms with Gasteiger partial charge in [0.15, 0.2) is 5.65 Å². The van der Waals surface area contributed by atoms with Crippen LogP contribution in [0.1, 0.15) is 24.6 Å². The maximum Gasteiger partial charge on any atom is 0.200 e. The monoisotopic (exact) mass is 220 g/mol. The number of halogens is 1. The molecule has 0 spiro atoms. The topological polar surface area (TPSA) is 42.2 Å². The standard InChI is InChI=1S/C11H13FN4/c12-9-2-1-3-10-14-15-11(16(9)10)8-4-6-13-7-5-8/h1-3,8,13H,4-7H2. The minimum atomic E-state index is -0.281. The van der Waals surface area contributed by atoms with Crippen LogP contribution in [0.5, 0.6) is 0 Å². The molecule has 84 valence electrons. The zero-order chi connectivity index (χ0) is 11.0. The molecule has 0 radical (unpaired) electrons. The van der Waals surface area contributed by atoms with Gasteiger partial charge in [0.25, 0.3) is 0 Å². The van der Waals surface area contributed by atoms with E-state index >= 15 is 0 Å². The lowest BCUT2D eigenvalue weighted by atomic mass is 9.97. The van der Waals surface area contributed by atoms with Gasteiger partial charge in [0.05, 0.1) is 0 Å². The van der Waals surface area contributed by atoms with Crippen molar-refractivity contribution in [2.24, 2.45) is 0 Å². The molecule has 2 aromatic rings. The number of hydrogen-bond donors (Lipinski definition) is 1. The third kappa shape index (κ3) is 1.48. The first kappa shape index (κ1) is 9.72. The summed E-state index contributed by atoms with van der Waals surface area (Å²) >= 11 is 0. The summed E-state index contributed by atoms with van der Waals surface area (Å²) in [7, 11) is 0. The van der Waals surface area contributed by atoms with E-state index in [9.17, 15) is 4.39 Å². The molecule has 0 aromatic carbocycles. The van der Waals surface area contributed by atoms with E-state index < -0.39 is 0 Å². The Morgan fingerprint density at radius 1 is 1.25 bits per heavy atom. The van der Waals surface area contributed by atoms with E-state index in [0.717, 1.165) is 31.8 Å². The molecule has 0 unspecified atom stereocenters. The number of aromatic nitrogens is 3. The van der Waals surface area contributed by atoms with Gasteiger partial charge >= 0.3 is 0 Å². The second-order valence-corrected chi connectivity index (χ2v) is 4.12. The summed E-state index contributed by atoms with van der Waals surface area (Å²) < 4.78 is 15.2. The Bertz CT molecular complexity index is 502. The third-order valence-corrected chi connectivity index (χ3v) is 3.11. The first-order valence-corrected chi connectivity index (χ1v) is 5.56. The van der Waals surface area contributed by atoms with E-state index in [1.165, 1.54) is 10.5 Å². The minimum Gasteiger partial charge on any atom is -0.317 e. The Hall–Kier alpha value is -1.49. The van der Waals surface area contributed by atoms with E-state index in [1.54, 1.807) is 12.1 Å². The number of rotatable bonds is 1. The fraction of sp³-hybridized carbons (Fsp3) is 0.455. The summed E-state index contributed by atoms with van der Waals surface area (Å²) in [5.74, 6) is 0.791. The second kappa shape index (κ2) is 3.83. The molecule has 2 aromatic heterocycles. The van der Waals surface area contributed by atoms with Gasteiger partial charge in [0, 0.05) is 5.92 Å². The zero-order valence-corrected chi connectivity index (χ0v) is 8.86. The highest BCUT2D eigenvalue weighted by Crippen LogP contribution is 2.24. The Morgan fingerprint density at radius 2 is 2.06 bits per heavy atom. The minimum absolute atomic E-state index is 0.281. The number of nitrogens with one attached hydrogen (secondary N) is 1. The van der Waals surface area contributed by atoms with Crippen molar-refractivity contribution in [3.63, 3.8) is 0 Å². The van der Waals surface area contributed by atoms with Crippen LogP contribution in [0.4, 0.5) is 4.39 Å². The van der Waals surface area contributed by atoms with Crippen LogP contribution >= 0.6 is 0 Å². The van der Waals surface area contributed by atoms with E-state index in [0.29, 0.717) is 11.6 Å². The van der Waals surface area contributed by atoms with E-state index in [-0.39, 0.29) is 5.95 Å². The van der Waals surface area contributed by atoms with E-state index in [4.69, 9.17) is 0 Å². The van der Waals surface area contributed by atoms with Crippen molar-refractivity contribution in [1.29, 1.82) is 0 Å². The number of nitrogens with zero attached hydrogens (tertiary/aromatic N) is 3. The molecule has 3 heterocycles. The number of fused-ring (bicyclic) bond motifs is 1. The Morgan fingerprint density at radius 3 is 2.88 bits per heavy atom. The van der Waals surface area contributed by atoms with Gasteiger partial charge in [-0.3, -0.25) is 4.40 Å². The van der Waals surface area contributed by atoms with Crippen LogP contribution in [0.2, 0.25) is 0 Å². The van der Waals surface area contributed by atoms with Crippen molar-refractivity contribution in [3.05, 3.63) is 30.0 Å². The van der Waals surface area contributed by atoms with Crippen LogP contribution in [0.15, 0.2) is 18.2 Å². The summed E-state index contributed by atoms with van der Waals surface area (Å²) in [5.41, 5.74) is 0.591. The molecular weight excluding hydrogens is 207 g/mol. The van der Waals surface area contributed by atoms with Crippen molar-refractivity contribution in [2.75, 3.05) is 13.1 Å². The lowest BCUT2D eigenvalue weighted by Gasteiger charge is -2.20. The van der Waals surface area contributed by atoms with Gasteiger partial charge in [-0.2, -0.15) is 4.39 Å². The fourth-order valence-electron chi connectivity index (χ4n) is 2.27. The zero-order valence-electron chi connectivity index (χ0n) is 8.86. The Kier molecular flexibility index (Phi) is 2.32. The third-order valence-electron chi connectivity index (χ3n) is 3.11. The summed E-state index contributed by atoms with van der Waals surface area (Å²) in [6.07, 6.45) is 1.99. The van der Waals surface area contributed by atoms with Gasteiger partial charge in [-0.05, 0) is 38.1 Å². The van der Waals surface area contributed by atoms with Crippen LogP contribution in [0, 0.1) is 5.95 Å². The van der Waals surface area contributed by atoms with Crippen LogP contribution < -0.4 is 5.32 Å². The summed E-state index contributed by atoms with van der Waals surface area (Å²) in [6.45, 7) is 1.93. The first-order valence-electron chi connectivity index (χ1n) is 5.56. The van der Waals surface area contributed by atoms with Crippen molar-refractivity contribution in [2.45, 2.75) is 18.8 Å². The Labute approximate surface area is 92.5 Å². The maximum absolute atomic E-state index is 13.7. The quantitative estimate of drug-likeness (QED) is 0.737. The average Bonchev–Trinajstić information content (AvgIpc) is 2.75. The first-order chi connectivity index (χ1) is 7.86. The van der Waals surface area contributed by atoms with Crippen molar-refractivity contribution < 1.29 is 4.39 Å². The highest BCUT2D eigenvalue weighted by atomic mass is 19.1. The Balaban J connectivity index is 2.09. The van der Waals surface area contributed by atoms with Gasteiger partial charge in [0.1, 0.15) is 5.82 Å². The van der Waals surface area contributed by atoms with Gasteiger partial charge < -0.3 is 5.32 Å². The second-order valence-electron chi connectivity index (χ2n) is 4.12. The molecule has 4 nitrogen and oxygen atoms in total. The predicted octanol–water partition coefficient (Wildman–Crippen LogP) is 1.34. The molecular formula is C11H13FN4. The molecule has 0 amide bonds. The molecule has 1 aliphatic heterocycles. The molecule has 1 saturated heterocycles. The van der Waals surface area contributed by atoms with Crippen molar-refractivity contribution >= 4 is 5.65 Å². The van der Waals surface area contributed by atoms with Gasteiger partial charge in [0.2, 0.25) is 5.95 Å². The molecule has 1 fully saturated rings. The van der Waals surface area contributed by atoms with Crippen molar-refractivity contribution in [1.82, 2.24) is 19.9 Å². The molecule has 0 saturated carbocycles. The summed E-state index contributed by atoms with van der Waals surface area (Å²) in [6, 6.07) is 4.88. The molecule has 0 aliphatic carbocycles. The average molecular weight is 220 g/mol. The van der Waals surface area contributed by atoms with Gasteiger partial charge in [-0.25, -0.2) is 0 Å². The molecule has 3 rings (SSSR count). The summed E-state index contributed by atoms with van der Waals surface area (Å²) in [4.78, 5) is 0. The lowest BCUT2D eigenvalue weighted by Crippen LogP contribution is -2.27. The molecule has 5 heteroatoms. The van der Waals surface area contributed by atoms with Crippen LogP contribution in [0.3, 0.4) is 0 Å². The smallest absolute Gasteiger partial charge is 0.200 e. The highest BCUT2D eigenvalue weighted by molar-refractivity contribution is 5.38. The van der Waals surface area contributed by atoms with Crippen LogP contribution in [-0.4, -0.2) is 27.7 Å². The van der Waals surface area contributed by atoms with Crippen LogP contribution in [-0.2, 0) is 0 Å². The maximum atomic E-state index is 13.7. The molecule has 1 N–H and O–H groups in total. The number of hydrogen-bond acceptors (Lipinski definition) is 3. The molecule has 1 aliphatic rings. The SMILES string of the molecule is Fc1cccc2nnc(C3CCNCC3)n12. The van der Waals surface area contributed by atoms with Crippen LogP contribution in [0.25, 0.3) is 5.65 Å². The normalized spacial score (nSPS) is 18.1. The molecule has 16 heavy (non-hydrogen) atoms. The predicted molar refractivity (Wildman–Crippen MR) is 57.8 cm³/mol. The van der Waals surface area contributed by atoms with Crippen molar-refractivity contribution in [3.8, 4) is 0 Å². The lowest BCUT2D eigenvalue weighted by molar-refractivity contribution is 0.433. The van der Waals surface area contributed by atoms with Gasteiger partial charge in [-0.15, -0.1) is 10.2 Å². The summed E-state index contributed by atoms with van der Waals surface area (Å²) in [5, 5.41) is 11.4. The largest absolute Gasteiger partial charge is 0.317 e. The number of pyridine rings is 1. The molecule has 0 atom stereocenters. The molecule has 0 bridgehead atoms. The fourth-order valence-corrected chi connectivity index (χ4v) is 2.27. The van der Waals surface area contributed by atoms with Gasteiger partial charge in [-0.1, -0.05) is 6.07 Å². The van der Waals surface area contributed by atoms with E-state index in [2.05, 4.69) is 15.5 Å².